The molecular weight excluding hydrogens is 236 g/mol. The number of carbonyl (C=O) groups is 1. The van der Waals surface area contributed by atoms with Crippen LogP contribution >= 0.6 is 15.9 Å². The van der Waals surface area contributed by atoms with Gasteiger partial charge in [0.15, 0.2) is 5.78 Å². The van der Waals surface area contributed by atoms with Crippen LogP contribution in [0.3, 0.4) is 0 Å². The second-order valence-corrected chi connectivity index (χ2v) is 3.36. The summed E-state index contributed by atoms with van der Waals surface area (Å²) >= 11 is 3.13. The average molecular weight is 245 g/mol. The van der Waals surface area contributed by atoms with Gasteiger partial charge in [-0.15, -0.1) is 0 Å². The fourth-order valence-electron chi connectivity index (χ4n) is 0.976. The van der Waals surface area contributed by atoms with E-state index in [4.69, 9.17) is 5.11 Å². The monoisotopic (exact) mass is 244 g/mol. The van der Waals surface area contributed by atoms with Gasteiger partial charge in [0.25, 0.3) is 0 Å². The molecule has 0 atom stereocenters. The molecule has 0 heterocycles. The first kappa shape index (κ1) is 10.1. The van der Waals surface area contributed by atoms with Gasteiger partial charge in [-0.2, -0.15) is 0 Å². The van der Waals surface area contributed by atoms with Crippen LogP contribution in [0, 0.1) is 0 Å². The number of Topliss-reactive ketones (excluding diaryl/α,β-unsaturated/α-hetero) is 1. The molecule has 0 saturated heterocycles. The number of hydrogen-bond acceptors (Lipinski definition) is 3. The van der Waals surface area contributed by atoms with Crippen molar-refractivity contribution in [3.63, 3.8) is 0 Å². The summed E-state index contributed by atoms with van der Waals surface area (Å²) in [4.78, 5) is 11.3. The van der Waals surface area contributed by atoms with Crippen molar-refractivity contribution in [2.75, 3.05) is 5.33 Å². The lowest BCUT2D eigenvalue weighted by atomic mass is 10.1. The molecule has 1 rings (SSSR count). The van der Waals surface area contributed by atoms with Gasteiger partial charge in [-0.3, -0.25) is 4.79 Å². The molecule has 0 bridgehead atoms. The molecule has 3 nitrogen and oxygen atoms in total. The van der Waals surface area contributed by atoms with Crippen LogP contribution in [-0.2, 0) is 0 Å². The SMILES string of the molecule is O=C(CCBr)c1ccc(O)cc1O. The number of rotatable bonds is 3. The molecule has 0 radical (unpaired) electrons. The van der Waals surface area contributed by atoms with E-state index in [0.29, 0.717) is 11.8 Å². The molecule has 0 aliphatic rings. The van der Waals surface area contributed by atoms with E-state index in [1.165, 1.54) is 12.1 Å². The van der Waals surface area contributed by atoms with Crippen molar-refractivity contribution in [1.29, 1.82) is 0 Å². The molecule has 70 valence electrons. The minimum absolute atomic E-state index is 0.0482. The summed E-state index contributed by atoms with van der Waals surface area (Å²) < 4.78 is 0. The zero-order valence-electron chi connectivity index (χ0n) is 6.83. The highest BCUT2D eigenvalue weighted by Crippen LogP contribution is 2.23. The van der Waals surface area contributed by atoms with Crippen LogP contribution in [0.15, 0.2) is 18.2 Å². The van der Waals surface area contributed by atoms with Crippen LogP contribution in [0.5, 0.6) is 11.5 Å². The highest BCUT2D eigenvalue weighted by Gasteiger charge is 2.10. The highest BCUT2D eigenvalue weighted by atomic mass is 79.9. The normalized spacial score (nSPS) is 9.92. The first-order valence-electron chi connectivity index (χ1n) is 3.76. The van der Waals surface area contributed by atoms with Crippen molar-refractivity contribution in [1.82, 2.24) is 0 Å². The molecule has 0 aliphatic heterocycles. The van der Waals surface area contributed by atoms with Gasteiger partial charge >= 0.3 is 0 Å². The van der Waals surface area contributed by atoms with Gasteiger partial charge in [-0.05, 0) is 12.1 Å². The van der Waals surface area contributed by atoms with Gasteiger partial charge in [-0.1, -0.05) is 15.9 Å². The molecule has 2 N–H and O–H groups in total. The largest absolute Gasteiger partial charge is 0.508 e. The first-order valence-corrected chi connectivity index (χ1v) is 4.88. The number of phenolic OH excluding ortho intramolecular Hbond substituents is 2. The van der Waals surface area contributed by atoms with E-state index in [2.05, 4.69) is 15.9 Å². The summed E-state index contributed by atoms with van der Waals surface area (Å²) in [5.74, 6) is -0.367. The van der Waals surface area contributed by atoms with Gasteiger partial charge in [0, 0.05) is 17.8 Å². The van der Waals surface area contributed by atoms with Crippen LogP contribution in [0.2, 0.25) is 0 Å². The Morgan fingerprint density at radius 3 is 2.62 bits per heavy atom. The van der Waals surface area contributed by atoms with Gasteiger partial charge in [0.1, 0.15) is 11.5 Å². The lowest BCUT2D eigenvalue weighted by molar-refractivity contribution is 0.0987. The van der Waals surface area contributed by atoms with Crippen LogP contribution in [0.4, 0.5) is 0 Å². The molecule has 1 aromatic rings. The lowest BCUT2D eigenvalue weighted by Gasteiger charge is -2.02. The van der Waals surface area contributed by atoms with Crippen molar-refractivity contribution in [3.05, 3.63) is 23.8 Å². The second-order valence-electron chi connectivity index (χ2n) is 2.56. The van der Waals surface area contributed by atoms with Crippen LogP contribution in [-0.4, -0.2) is 21.3 Å². The number of benzene rings is 1. The Hall–Kier alpha value is -1.03. The quantitative estimate of drug-likeness (QED) is 0.633. The Bertz CT molecular complexity index is 323. The first-order chi connectivity index (χ1) is 6.15. The van der Waals surface area contributed by atoms with Gasteiger partial charge in [-0.25, -0.2) is 0 Å². The van der Waals surface area contributed by atoms with E-state index in [9.17, 15) is 9.90 Å². The lowest BCUT2D eigenvalue weighted by Crippen LogP contribution is -1.99. The van der Waals surface area contributed by atoms with Gasteiger partial charge < -0.3 is 10.2 Å². The highest BCUT2D eigenvalue weighted by molar-refractivity contribution is 9.09. The Morgan fingerprint density at radius 2 is 2.08 bits per heavy atom. The molecule has 0 aromatic heterocycles. The van der Waals surface area contributed by atoms with Gasteiger partial charge in [0.2, 0.25) is 0 Å². The number of ketones is 1. The molecule has 0 unspecified atom stereocenters. The third-order valence-corrected chi connectivity index (χ3v) is 2.00. The van der Waals surface area contributed by atoms with E-state index in [1.54, 1.807) is 0 Å². The molecular formula is C9H9BrO3. The second kappa shape index (κ2) is 4.28. The molecule has 0 amide bonds. The summed E-state index contributed by atoms with van der Waals surface area (Å²) in [7, 11) is 0. The number of carbonyl (C=O) groups excluding carboxylic acids is 1. The predicted molar refractivity (Wildman–Crippen MR) is 52.5 cm³/mol. The zero-order chi connectivity index (χ0) is 9.84. The Balaban J connectivity index is 2.95. The number of phenols is 2. The van der Waals surface area contributed by atoms with Gasteiger partial charge in [0.05, 0.1) is 5.56 Å². The summed E-state index contributed by atoms with van der Waals surface area (Å²) in [6, 6.07) is 3.94. The minimum atomic E-state index is -0.175. The Morgan fingerprint density at radius 1 is 1.38 bits per heavy atom. The zero-order valence-corrected chi connectivity index (χ0v) is 8.41. The van der Waals surface area contributed by atoms with Crippen LogP contribution < -0.4 is 0 Å². The fraction of sp³-hybridized carbons (Fsp3) is 0.222. The van der Waals surface area contributed by atoms with E-state index >= 15 is 0 Å². The van der Waals surface area contributed by atoms with E-state index < -0.39 is 0 Å². The summed E-state index contributed by atoms with van der Waals surface area (Å²) in [6.07, 6.45) is 0.332. The molecule has 0 saturated carbocycles. The fourth-order valence-corrected chi connectivity index (χ4v) is 1.34. The number of halogens is 1. The van der Waals surface area contributed by atoms with Crippen molar-refractivity contribution in [2.45, 2.75) is 6.42 Å². The van der Waals surface area contributed by atoms with Crippen LogP contribution in [0.25, 0.3) is 0 Å². The maximum atomic E-state index is 11.3. The number of aromatic hydroxyl groups is 2. The summed E-state index contributed by atoms with van der Waals surface area (Å²) in [5, 5.41) is 18.8. The maximum absolute atomic E-state index is 11.3. The van der Waals surface area contributed by atoms with Crippen molar-refractivity contribution < 1.29 is 15.0 Å². The van der Waals surface area contributed by atoms with Crippen molar-refractivity contribution in [3.8, 4) is 11.5 Å². The third-order valence-electron chi connectivity index (χ3n) is 1.60. The Kier molecular flexibility index (Phi) is 3.31. The topological polar surface area (TPSA) is 57.5 Å². The minimum Gasteiger partial charge on any atom is -0.508 e. The average Bonchev–Trinajstić information content (AvgIpc) is 2.04. The molecule has 13 heavy (non-hydrogen) atoms. The third kappa shape index (κ3) is 2.45. The van der Waals surface area contributed by atoms with E-state index in [0.717, 1.165) is 6.07 Å². The molecule has 1 aromatic carbocycles. The standard InChI is InChI=1S/C9H9BrO3/c10-4-3-8(12)7-2-1-6(11)5-9(7)13/h1-2,5,11,13H,3-4H2. The molecule has 0 aliphatic carbocycles. The van der Waals surface area contributed by atoms with Crippen molar-refractivity contribution in [2.24, 2.45) is 0 Å². The Labute approximate surface area is 84.1 Å². The summed E-state index contributed by atoms with van der Waals surface area (Å²) in [5.41, 5.74) is 0.247. The van der Waals surface area contributed by atoms with E-state index in [1.807, 2.05) is 0 Å². The number of alkyl halides is 1. The maximum Gasteiger partial charge on any atom is 0.167 e. The van der Waals surface area contributed by atoms with Crippen LogP contribution in [0.1, 0.15) is 16.8 Å². The molecule has 0 spiro atoms. The molecule has 0 fully saturated rings. The molecule has 4 heteroatoms. The number of hydrogen-bond donors (Lipinski definition) is 2. The smallest absolute Gasteiger partial charge is 0.167 e. The predicted octanol–water partition coefficient (Wildman–Crippen LogP) is 2.07. The van der Waals surface area contributed by atoms with Crippen molar-refractivity contribution >= 4 is 21.7 Å². The van der Waals surface area contributed by atoms with E-state index in [-0.39, 0.29) is 22.8 Å². The summed E-state index contributed by atoms with van der Waals surface area (Å²) in [6.45, 7) is 0.